The highest BCUT2D eigenvalue weighted by molar-refractivity contribution is 7.15. The lowest BCUT2D eigenvalue weighted by Crippen LogP contribution is -1.91. The van der Waals surface area contributed by atoms with E-state index in [9.17, 15) is 0 Å². The van der Waals surface area contributed by atoms with Crippen molar-refractivity contribution >= 4 is 11.3 Å². The van der Waals surface area contributed by atoms with Gasteiger partial charge in [0.2, 0.25) is 0 Å². The summed E-state index contributed by atoms with van der Waals surface area (Å²) in [5.74, 6) is 0. The van der Waals surface area contributed by atoms with E-state index < -0.39 is 0 Å². The van der Waals surface area contributed by atoms with Gasteiger partial charge in [-0.05, 0) is 36.6 Å². The molecule has 78 valence electrons. The number of thiophene rings is 1. The van der Waals surface area contributed by atoms with Gasteiger partial charge >= 0.3 is 0 Å². The molecule has 0 bridgehead atoms. The molecule has 1 nitrogen and oxygen atoms in total. The van der Waals surface area contributed by atoms with E-state index in [4.69, 9.17) is 5.73 Å². The number of aryl methyl sites for hydroxylation is 2. The zero-order valence-electron chi connectivity index (χ0n) is 9.08. The summed E-state index contributed by atoms with van der Waals surface area (Å²) in [5, 5.41) is 0. The van der Waals surface area contributed by atoms with Crippen molar-refractivity contribution in [2.45, 2.75) is 20.4 Å². The molecule has 1 heterocycles. The topological polar surface area (TPSA) is 26.0 Å². The Morgan fingerprint density at radius 1 is 1.13 bits per heavy atom. The van der Waals surface area contributed by atoms with Crippen LogP contribution in [0.15, 0.2) is 30.3 Å². The molecule has 2 rings (SSSR count). The summed E-state index contributed by atoms with van der Waals surface area (Å²) in [4.78, 5) is 2.61. The van der Waals surface area contributed by atoms with Crippen LogP contribution in [0.5, 0.6) is 0 Å². The molecule has 2 heteroatoms. The summed E-state index contributed by atoms with van der Waals surface area (Å²) in [7, 11) is 0. The van der Waals surface area contributed by atoms with Gasteiger partial charge in [-0.1, -0.05) is 24.3 Å². The van der Waals surface area contributed by atoms with Crippen LogP contribution >= 0.6 is 11.3 Å². The van der Waals surface area contributed by atoms with Crippen LogP contribution in [0, 0.1) is 13.8 Å². The van der Waals surface area contributed by atoms with E-state index in [2.05, 4.69) is 44.2 Å². The molecule has 0 unspecified atom stereocenters. The maximum Gasteiger partial charge on any atom is 0.0378 e. The molecule has 0 saturated carbocycles. The highest BCUT2D eigenvalue weighted by atomic mass is 32.1. The van der Waals surface area contributed by atoms with Crippen LogP contribution < -0.4 is 5.73 Å². The largest absolute Gasteiger partial charge is 0.326 e. The third-order valence-electron chi connectivity index (χ3n) is 2.56. The smallest absolute Gasteiger partial charge is 0.0378 e. The lowest BCUT2D eigenvalue weighted by Gasteiger charge is -2.03. The standard InChI is InChI=1S/C13H15NS/c1-9-5-3-4-6-12(9)13-10(2)7-11(8-14)15-13/h3-7H,8,14H2,1-2H3. The summed E-state index contributed by atoms with van der Waals surface area (Å²) in [5.41, 5.74) is 9.65. The van der Waals surface area contributed by atoms with Crippen molar-refractivity contribution in [1.29, 1.82) is 0 Å². The first-order chi connectivity index (χ1) is 7.22. The molecule has 1 aromatic heterocycles. The van der Waals surface area contributed by atoms with Gasteiger partial charge in [0.25, 0.3) is 0 Å². The van der Waals surface area contributed by atoms with Crippen molar-refractivity contribution in [3.05, 3.63) is 46.3 Å². The van der Waals surface area contributed by atoms with E-state index in [0.29, 0.717) is 6.54 Å². The monoisotopic (exact) mass is 217 g/mol. The minimum Gasteiger partial charge on any atom is -0.326 e. The van der Waals surface area contributed by atoms with Gasteiger partial charge in [0, 0.05) is 16.3 Å². The Labute approximate surface area is 94.6 Å². The van der Waals surface area contributed by atoms with Crippen LogP contribution in [0.1, 0.15) is 16.0 Å². The first-order valence-corrected chi connectivity index (χ1v) is 5.89. The minimum atomic E-state index is 0.636. The third kappa shape index (κ3) is 1.96. The fourth-order valence-electron chi connectivity index (χ4n) is 1.74. The zero-order chi connectivity index (χ0) is 10.8. The van der Waals surface area contributed by atoms with Crippen LogP contribution in [-0.4, -0.2) is 0 Å². The Bertz CT molecular complexity index is 471. The van der Waals surface area contributed by atoms with E-state index in [1.165, 1.54) is 26.4 Å². The lowest BCUT2D eigenvalue weighted by atomic mass is 10.1. The normalized spacial score (nSPS) is 10.6. The summed E-state index contributed by atoms with van der Waals surface area (Å²) < 4.78 is 0. The number of nitrogens with two attached hydrogens (primary N) is 1. The van der Waals surface area contributed by atoms with Crippen LogP contribution in [-0.2, 0) is 6.54 Å². The van der Waals surface area contributed by atoms with Gasteiger partial charge in [-0.15, -0.1) is 11.3 Å². The van der Waals surface area contributed by atoms with Gasteiger partial charge in [0.05, 0.1) is 0 Å². The molecule has 15 heavy (non-hydrogen) atoms. The number of hydrogen-bond donors (Lipinski definition) is 1. The predicted molar refractivity (Wildman–Crippen MR) is 67.1 cm³/mol. The summed E-state index contributed by atoms with van der Waals surface area (Å²) in [6.45, 7) is 4.94. The molecule has 0 radical (unpaired) electrons. The molecule has 0 aliphatic rings. The lowest BCUT2D eigenvalue weighted by molar-refractivity contribution is 1.10. The molecule has 0 aliphatic heterocycles. The Hall–Kier alpha value is -1.12. The maximum absolute atomic E-state index is 5.66. The van der Waals surface area contributed by atoms with E-state index in [0.717, 1.165) is 0 Å². The molecular weight excluding hydrogens is 202 g/mol. The van der Waals surface area contributed by atoms with Gasteiger partial charge in [0.15, 0.2) is 0 Å². The van der Waals surface area contributed by atoms with Gasteiger partial charge in [0.1, 0.15) is 0 Å². The molecular formula is C13H15NS. The SMILES string of the molecule is Cc1ccccc1-c1sc(CN)cc1C. The van der Waals surface area contributed by atoms with Crippen molar-refractivity contribution in [3.63, 3.8) is 0 Å². The number of rotatable bonds is 2. The third-order valence-corrected chi connectivity index (χ3v) is 3.85. The number of benzene rings is 1. The molecule has 0 spiro atoms. The van der Waals surface area contributed by atoms with Gasteiger partial charge < -0.3 is 5.73 Å². The highest BCUT2D eigenvalue weighted by Gasteiger charge is 2.08. The van der Waals surface area contributed by atoms with E-state index in [1.54, 1.807) is 11.3 Å². The van der Waals surface area contributed by atoms with E-state index in [1.807, 2.05) is 0 Å². The summed E-state index contributed by atoms with van der Waals surface area (Å²) in [6.07, 6.45) is 0. The van der Waals surface area contributed by atoms with E-state index in [-0.39, 0.29) is 0 Å². The van der Waals surface area contributed by atoms with Gasteiger partial charge in [-0.25, -0.2) is 0 Å². The second-order valence-electron chi connectivity index (χ2n) is 3.74. The molecule has 0 saturated heterocycles. The van der Waals surface area contributed by atoms with Crippen molar-refractivity contribution in [1.82, 2.24) is 0 Å². The average molecular weight is 217 g/mol. The molecule has 2 N–H and O–H groups in total. The van der Waals surface area contributed by atoms with Crippen LogP contribution in [0.4, 0.5) is 0 Å². The maximum atomic E-state index is 5.66. The first kappa shape index (κ1) is 10.4. The fourth-order valence-corrected chi connectivity index (χ4v) is 2.88. The second-order valence-corrected chi connectivity index (χ2v) is 4.88. The highest BCUT2D eigenvalue weighted by Crippen LogP contribution is 2.33. The zero-order valence-corrected chi connectivity index (χ0v) is 9.90. The fraction of sp³-hybridized carbons (Fsp3) is 0.231. The van der Waals surface area contributed by atoms with E-state index >= 15 is 0 Å². The van der Waals surface area contributed by atoms with Crippen molar-refractivity contribution < 1.29 is 0 Å². The molecule has 0 aliphatic carbocycles. The van der Waals surface area contributed by atoms with Crippen LogP contribution in [0.25, 0.3) is 10.4 Å². The van der Waals surface area contributed by atoms with Crippen LogP contribution in [0.3, 0.4) is 0 Å². The second kappa shape index (κ2) is 4.17. The van der Waals surface area contributed by atoms with Gasteiger partial charge in [-0.3, -0.25) is 0 Å². The molecule has 0 amide bonds. The average Bonchev–Trinajstić information content (AvgIpc) is 2.60. The van der Waals surface area contributed by atoms with Crippen molar-refractivity contribution in [3.8, 4) is 10.4 Å². The molecule has 0 fully saturated rings. The summed E-state index contributed by atoms with van der Waals surface area (Å²) in [6, 6.07) is 10.7. The van der Waals surface area contributed by atoms with Gasteiger partial charge in [-0.2, -0.15) is 0 Å². The summed E-state index contributed by atoms with van der Waals surface area (Å²) >= 11 is 1.80. The van der Waals surface area contributed by atoms with Crippen molar-refractivity contribution in [2.75, 3.05) is 0 Å². The van der Waals surface area contributed by atoms with Crippen LogP contribution in [0.2, 0.25) is 0 Å². The Balaban J connectivity index is 2.54. The minimum absolute atomic E-state index is 0.636. The molecule has 0 atom stereocenters. The molecule has 2 aromatic rings. The Morgan fingerprint density at radius 2 is 1.87 bits per heavy atom. The Kier molecular flexibility index (Phi) is 2.89. The quantitative estimate of drug-likeness (QED) is 0.818. The first-order valence-electron chi connectivity index (χ1n) is 5.07. The molecule has 1 aromatic carbocycles. The number of hydrogen-bond acceptors (Lipinski definition) is 2. The predicted octanol–water partition coefficient (Wildman–Crippen LogP) is 3.49. The van der Waals surface area contributed by atoms with Crippen molar-refractivity contribution in [2.24, 2.45) is 5.73 Å². The Morgan fingerprint density at radius 3 is 2.47 bits per heavy atom.